The third kappa shape index (κ3) is 4.72. The summed E-state index contributed by atoms with van der Waals surface area (Å²) in [5.41, 5.74) is 0.0462. The fraction of sp³-hybridized carbons (Fsp3) is 0.536. The number of β-amino-alcohol motifs (C(OH)–C–C–N with tert-alkyl or cyclic N) is 1. The lowest BCUT2D eigenvalue weighted by Gasteiger charge is -2.50. The van der Waals surface area contributed by atoms with Gasteiger partial charge in [-0.3, -0.25) is 4.79 Å². The van der Waals surface area contributed by atoms with Crippen LogP contribution in [0.5, 0.6) is 0 Å². The molecular formula is C28H37N5O3. The summed E-state index contributed by atoms with van der Waals surface area (Å²) in [5.74, 6) is 0.352. The Balaban J connectivity index is 1.30. The van der Waals surface area contributed by atoms with Gasteiger partial charge in [0.2, 0.25) is 5.91 Å². The number of hydrogen-bond acceptors (Lipinski definition) is 5. The molecule has 8 heteroatoms. The molecule has 2 saturated carbocycles. The second-order valence-electron chi connectivity index (χ2n) is 10.8. The first kappa shape index (κ1) is 24.7. The van der Waals surface area contributed by atoms with Gasteiger partial charge in [0.1, 0.15) is 5.82 Å². The predicted molar refractivity (Wildman–Crippen MR) is 138 cm³/mol. The Morgan fingerprint density at radius 1 is 1.03 bits per heavy atom. The third-order valence-electron chi connectivity index (χ3n) is 8.68. The van der Waals surface area contributed by atoms with Gasteiger partial charge in [-0.2, -0.15) is 0 Å². The van der Waals surface area contributed by atoms with Gasteiger partial charge in [-0.1, -0.05) is 36.4 Å². The van der Waals surface area contributed by atoms with Crippen LogP contribution >= 0.6 is 0 Å². The molecule has 3 aliphatic rings. The molecule has 1 aromatic heterocycles. The monoisotopic (exact) mass is 491 g/mol. The van der Waals surface area contributed by atoms with Crippen LogP contribution in [0.2, 0.25) is 0 Å². The summed E-state index contributed by atoms with van der Waals surface area (Å²) in [4.78, 5) is 34.1. The lowest BCUT2D eigenvalue weighted by Crippen LogP contribution is -2.59. The first-order valence-corrected chi connectivity index (χ1v) is 13.1. The highest BCUT2D eigenvalue weighted by Crippen LogP contribution is 2.48. The second-order valence-corrected chi connectivity index (χ2v) is 10.8. The van der Waals surface area contributed by atoms with E-state index in [-0.39, 0.29) is 29.4 Å². The van der Waals surface area contributed by atoms with E-state index in [9.17, 15) is 14.7 Å². The maximum Gasteiger partial charge on any atom is 0.320 e. The molecule has 36 heavy (non-hydrogen) atoms. The summed E-state index contributed by atoms with van der Waals surface area (Å²) in [5, 5.41) is 17.4. The fourth-order valence-electron chi connectivity index (χ4n) is 6.22. The van der Waals surface area contributed by atoms with E-state index < -0.39 is 5.60 Å². The minimum Gasteiger partial charge on any atom is -0.388 e. The number of amides is 3. The normalized spacial score (nSPS) is 27.2. The number of hydrogen-bond donors (Lipinski definition) is 3. The molecule has 8 nitrogen and oxygen atoms in total. The lowest BCUT2D eigenvalue weighted by atomic mass is 9.68. The molecule has 0 atom stereocenters. The van der Waals surface area contributed by atoms with E-state index in [0.29, 0.717) is 25.5 Å². The van der Waals surface area contributed by atoms with Crippen molar-refractivity contribution in [2.45, 2.75) is 68.0 Å². The minimum atomic E-state index is -0.786. The van der Waals surface area contributed by atoms with Crippen LogP contribution in [0, 0.1) is 0 Å². The largest absolute Gasteiger partial charge is 0.388 e. The molecular weight excluding hydrogens is 454 g/mol. The number of nitrogens with one attached hydrogen (secondary N) is 2. The number of anilines is 1. The standard InChI is InChI=1S/C28H37N5O3/c1-29-28(22-8-3-2-4-9-22)16-14-26(15-17-28)20-32(25(35)33(26)21-27(36)12-7-13-27)19-11-24(34)31-23-10-5-6-18-30-23/h2-6,8-10,18,29,36H,7,11-17,19-21H2,1H3,(H,30,31,34). The van der Waals surface area contributed by atoms with Crippen molar-refractivity contribution in [3.63, 3.8) is 0 Å². The Morgan fingerprint density at radius 3 is 2.36 bits per heavy atom. The van der Waals surface area contributed by atoms with E-state index in [1.807, 2.05) is 29.0 Å². The van der Waals surface area contributed by atoms with Crippen molar-refractivity contribution in [1.82, 2.24) is 20.1 Å². The molecule has 3 fully saturated rings. The molecule has 2 aliphatic carbocycles. The number of carbonyl (C=O) groups excluding carboxylic acids is 2. The molecule has 0 radical (unpaired) electrons. The number of aromatic nitrogens is 1. The van der Waals surface area contributed by atoms with Crippen LogP contribution in [-0.4, -0.2) is 69.7 Å². The molecule has 192 valence electrons. The summed E-state index contributed by atoms with van der Waals surface area (Å²) in [6, 6.07) is 15.9. The highest BCUT2D eigenvalue weighted by molar-refractivity contribution is 5.90. The van der Waals surface area contributed by atoms with E-state index in [2.05, 4.69) is 39.9 Å². The third-order valence-corrected chi connectivity index (χ3v) is 8.68. The van der Waals surface area contributed by atoms with Crippen molar-refractivity contribution in [3.05, 3.63) is 60.3 Å². The Labute approximate surface area is 213 Å². The Kier molecular flexibility index (Phi) is 6.74. The summed E-state index contributed by atoms with van der Waals surface area (Å²) >= 11 is 0. The predicted octanol–water partition coefficient (Wildman–Crippen LogP) is 3.49. The number of urea groups is 1. The van der Waals surface area contributed by atoms with Crippen molar-refractivity contribution in [2.75, 3.05) is 32.0 Å². The second kappa shape index (κ2) is 9.82. The molecule has 1 spiro atoms. The van der Waals surface area contributed by atoms with Crippen molar-refractivity contribution < 1.29 is 14.7 Å². The molecule has 3 amide bonds. The van der Waals surface area contributed by atoms with Crippen molar-refractivity contribution in [2.24, 2.45) is 0 Å². The SMILES string of the molecule is CNC1(c2ccccc2)CCC2(CC1)CN(CCC(=O)Nc1ccccn1)C(=O)N2CC1(O)CCC1. The van der Waals surface area contributed by atoms with Gasteiger partial charge in [0.15, 0.2) is 0 Å². The summed E-state index contributed by atoms with van der Waals surface area (Å²) in [6.45, 7) is 1.32. The van der Waals surface area contributed by atoms with Gasteiger partial charge < -0.3 is 25.5 Å². The quantitative estimate of drug-likeness (QED) is 0.525. The Bertz CT molecular complexity index is 1070. The van der Waals surface area contributed by atoms with Crippen LogP contribution < -0.4 is 10.6 Å². The molecule has 3 N–H and O–H groups in total. The van der Waals surface area contributed by atoms with E-state index in [4.69, 9.17) is 0 Å². The zero-order valence-electron chi connectivity index (χ0n) is 21.1. The average molecular weight is 492 g/mol. The van der Waals surface area contributed by atoms with Crippen LogP contribution in [0.15, 0.2) is 54.7 Å². The van der Waals surface area contributed by atoms with Gasteiger partial charge >= 0.3 is 6.03 Å². The van der Waals surface area contributed by atoms with E-state index in [1.165, 1.54) is 5.56 Å². The molecule has 1 saturated heterocycles. The maximum atomic E-state index is 13.6. The smallest absolute Gasteiger partial charge is 0.320 e. The summed E-state index contributed by atoms with van der Waals surface area (Å²) < 4.78 is 0. The van der Waals surface area contributed by atoms with Crippen LogP contribution in [0.25, 0.3) is 0 Å². The number of nitrogens with zero attached hydrogens (tertiary/aromatic N) is 3. The van der Waals surface area contributed by atoms with Gasteiger partial charge in [-0.15, -0.1) is 0 Å². The molecule has 1 aliphatic heterocycles. The highest BCUT2D eigenvalue weighted by atomic mass is 16.3. The average Bonchev–Trinajstić information content (AvgIpc) is 3.14. The Morgan fingerprint density at radius 2 is 1.75 bits per heavy atom. The maximum absolute atomic E-state index is 13.6. The number of pyridine rings is 1. The first-order valence-electron chi connectivity index (χ1n) is 13.1. The van der Waals surface area contributed by atoms with Gasteiger partial charge in [-0.25, -0.2) is 9.78 Å². The van der Waals surface area contributed by atoms with Crippen LogP contribution in [0.1, 0.15) is 56.9 Å². The van der Waals surface area contributed by atoms with E-state index in [0.717, 1.165) is 44.9 Å². The van der Waals surface area contributed by atoms with Crippen LogP contribution in [0.4, 0.5) is 10.6 Å². The van der Waals surface area contributed by atoms with Crippen molar-refractivity contribution >= 4 is 17.8 Å². The van der Waals surface area contributed by atoms with Gasteiger partial charge in [-0.05, 0) is 69.7 Å². The van der Waals surface area contributed by atoms with Gasteiger partial charge in [0, 0.05) is 31.2 Å². The minimum absolute atomic E-state index is 0.0578. The number of carbonyl (C=O) groups is 2. The zero-order valence-corrected chi connectivity index (χ0v) is 21.1. The van der Waals surface area contributed by atoms with Crippen LogP contribution in [0.3, 0.4) is 0 Å². The van der Waals surface area contributed by atoms with Gasteiger partial charge in [0.25, 0.3) is 0 Å². The molecule has 0 unspecified atom stereocenters. The zero-order chi connectivity index (χ0) is 25.2. The first-order chi connectivity index (χ1) is 17.4. The van der Waals surface area contributed by atoms with Gasteiger partial charge in [0.05, 0.1) is 17.7 Å². The van der Waals surface area contributed by atoms with E-state index in [1.54, 1.807) is 18.3 Å². The fourth-order valence-corrected chi connectivity index (χ4v) is 6.22. The molecule has 5 rings (SSSR count). The topological polar surface area (TPSA) is 97.8 Å². The molecule has 0 bridgehead atoms. The molecule has 1 aromatic carbocycles. The Hall–Kier alpha value is -2.97. The molecule has 2 heterocycles. The van der Waals surface area contributed by atoms with E-state index >= 15 is 0 Å². The summed E-state index contributed by atoms with van der Waals surface area (Å²) in [6.07, 6.45) is 7.83. The molecule has 2 aromatic rings. The number of benzene rings is 1. The van der Waals surface area contributed by atoms with Crippen LogP contribution in [-0.2, 0) is 10.3 Å². The summed E-state index contributed by atoms with van der Waals surface area (Å²) in [7, 11) is 2.02. The number of aliphatic hydroxyl groups is 1. The number of rotatable bonds is 8. The van der Waals surface area contributed by atoms with Crippen molar-refractivity contribution in [1.29, 1.82) is 0 Å². The highest BCUT2D eigenvalue weighted by Gasteiger charge is 2.55. The van der Waals surface area contributed by atoms with Crippen molar-refractivity contribution in [3.8, 4) is 0 Å². The lowest BCUT2D eigenvalue weighted by molar-refractivity contribution is -0.116.